The molecule has 0 aromatic carbocycles. The quantitative estimate of drug-likeness (QED) is 0.914. The van der Waals surface area contributed by atoms with Gasteiger partial charge in [0.2, 0.25) is 0 Å². The third kappa shape index (κ3) is 2.84. The monoisotopic (exact) mass is 306 g/mol. The van der Waals surface area contributed by atoms with Crippen LogP contribution in [0.2, 0.25) is 0 Å². The van der Waals surface area contributed by atoms with Crippen LogP contribution in [0.3, 0.4) is 0 Å². The summed E-state index contributed by atoms with van der Waals surface area (Å²) in [4.78, 5) is 20.1. The first-order chi connectivity index (χ1) is 8.70. The zero-order chi connectivity index (χ0) is 13.0. The number of carbonyl (C=O) groups is 1. The highest BCUT2D eigenvalue weighted by Gasteiger charge is 2.10. The molecule has 0 spiro atoms. The Morgan fingerprint density at radius 1 is 1.28 bits per heavy atom. The first-order valence-electron chi connectivity index (χ1n) is 5.26. The van der Waals surface area contributed by atoms with E-state index in [1.807, 2.05) is 0 Å². The largest absolute Gasteiger partial charge is 0.388 e. The van der Waals surface area contributed by atoms with E-state index in [4.69, 9.17) is 0 Å². The van der Waals surface area contributed by atoms with Crippen molar-refractivity contribution in [3.05, 3.63) is 46.8 Å². The Balaban J connectivity index is 2.19. The summed E-state index contributed by atoms with van der Waals surface area (Å²) in [5.41, 5.74) is 1.16. The first-order valence-corrected chi connectivity index (χ1v) is 6.05. The van der Waals surface area contributed by atoms with Gasteiger partial charge in [-0.15, -0.1) is 0 Å². The summed E-state index contributed by atoms with van der Waals surface area (Å²) in [6.07, 6.45) is 3.19. The van der Waals surface area contributed by atoms with Gasteiger partial charge in [0.1, 0.15) is 11.5 Å². The van der Waals surface area contributed by atoms with E-state index < -0.39 is 0 Å². The number of hydrogen-bond donors (Lipinski definition) is 2. The Morgan fingerprint density at radius 3 is 2.83 bits per heavy atom. The van der Waals surface area contributed by atoms with Crippen LogP contribution in [0.1, 0.15) is 10.5 Å². The molecule has 5 nitrogen and oxygen atoms in total. The van der Waals surface area contributed by atoms with Gasteiger partial charge in [-0.3, -0.25) is 9.78 Å². The van der Waals surface area contributed by atoms with Crippen LogP contribution in [0, 0.1) is 0 Å². The van der Waals surface area contributed by atoms with Gasteiger partial charge in [0.05, 0.1) is 4.47 Å². The Hall–Kier alpha value is -1.95. The lowest BCUT2D eigenvalue weighted by molar-refractivity contribution is 0.102. The summed E-state index contributed by atoms with van der Waals surface area (Å²) in [5, 5.41) is 5.64. The number of nitrogens with one attached hydrogen (secondary N) is 2. The zero-order valence-corrected chi connectivity index (χ0v) is 11.2. The van der Waals surface area contributed by atoms with E-state index in [0.29, 0.717) is 11.5 Å². The lowest BCUT2D eigenvalue weighted by Crippen LogP contribution is -2.15. The lowest BCUT2D eigenvalue weighted by atomic mass is 10.3. The van der Waals surface area contributed by atoms with Crippen molar-refractivity contribution in [3.63, 3.8) is 0 Å². The van der Waals surface area contributed by atoms with Crippen LogP contribution in [0.4, 0.5) is 11.5 Å². The Labute approximate surface area is 113 Å². The van der Waals surface area contributed by atoms with Gasteiger partial charge < -0.3 is 10.6 Å². The van der Waals surface area contributed by atoms with Gasteiger partial charge in [-0.05, 0) is 40.2 Å². The molecule has 0 unspecified atom stereocenters. The van der Waals surface area contributed by atoms with E-state index in [-0.39, 0.29) is 5.91 Å². The summed E-state index contributed by atoms with van der Waals surface area (Å²) in [6.45, 7) is 0. The highest BCUT2D eigenvalue weighted by Crippen LogP contribution is 2.19. The van der Waals surface area contributed by atoms with Crippen LogP contribution in [0.15, 0.2) is 41.1 Å². The van der Waals surface area contributed by atoms with E-state index >= 15 is 0 Å². The molecule has 0 aliphatic heterocycles. The molecule has 0 saturated carbocycles. The van der Waals surface area contributed by atoms with Crippen molar-refractivity contribution < 1.29 is 4.79 Å². The van der Waals surface area contributed by atoms with Crippen LogP contribution in [0.25, 0.3) is 0 Å². The summed E-state index contributed by atoms with van der Waals surface area (Å²) in [7, 11) is 1.78. The predicted molar refractivity (Wildman–Crippen MR) is 73.7 cm³/mol. The first kappa shape index (κ1) is 12.5. The predicted octanol–water partition coefficient (Wildman–Crippen LogP) is 2.53. The van der Waals surface area contributed by atoms with Crippen LogP contribution in [-0.4, -0.2) is 22.9 Å². The van der Waals surface area contributed by atoms with Crippen molar-refractivity contribution in [1.82, 2.24) is 9.97 Å². The Morgan fingerprint density at radius 2 is 2.11 bits per heavy atom. The molecule has 2 aromatic rings. The summed E-state index contributed by atoms with van der Waals surface area (Å²) >= 11 is 3.32. The molecule has 18 heavy (non-hydrogen) atoms. The van der Waals surface area contributed by atoms with Gasteiger partial charge in [-0.1, -0.05) is 0 Å². The van der Waals surface area contributed by atoms with E-state index in [9.17, 15) is 4.79 Å². The maximum atomic E-state index is 12.0. The maximum absolute atomic E-state index is 12.0. The molecule has 0 fully saturated rings. The number of aromatic nitrogens is 2. The van der Waals surface area contributed by atoms with Gasteiger partial charge in [-0.25, -0.2) is 4.98 Å². The van der Waals surface area contributed by atoms with Gasteiger partial charge in [0.25, 0.3) is 5.91 Å². The molecule has 0 radical (unpaired) electrons. The summed E-state index contributed by atoms with van der Waals surface area (Å²) in [5.74, 6) is 0.172. The van der Waals surface area contributed by atoms with Gasteiger partial charge >= 0.3 is 0 Å². The van der Waals surface area contributed by atoms with Crippen molar-refractivity contribution >= 4 is 33.3 Å². The number of halogens is 1. The van der Waals surface area contributed by atoms with E-state index in [1.165, 1.54) is 0 Å². The molecule has 0 aliphatic rings. The molecule has 0 bridgehead atoms. The van der Waals surface area contributed by atoms with Crippen molar-refractivity contribution in [2.45, 2.75) is 0 Å². The number of hydrogen-bond acceptors (Lipinski definition) is 4. The molecule has 2 heterocycles. The van der Waals surface area contributed by atoms with Gasteiger partial charge in [0, 0.05) is 25.1 Å². The molecule has 0 saturated heterocycles. The molecule has 0 aliphatic carbocycles. The van der Waals surface area contributed by atoms with Gasteiger partial charge in [-0.2, -0.15) is 0 Å². The SMILES string of the molecule is CNc1ccnc(C(=O)Nc2ncccc2Br)c1. The molecule has 2 N–H and O–H groups in total. The maximum Gasteiger partial charge on any atom is 0.275 e. The molecule has 92 valence electrons. The molecule has 2 rings (SSSR count). The molecule has 0 atom stereocenters. The molecule has 1 amide bonds. The fraction of sp³-hybridized carbons (Fsp3) is 0.0833. The average molecular weight is 307 g/mol. The highest BCUT2D eigenvalue weighted by molar-refractivity contribution is 9.10. The Kier molecular flexibility index (Phi) is 3.88. The fourth-order valence-corrected chi connectivity index (χ4v) is 1.71. The molecule has 6 heteroatoms. The van der Waals surface area contributed by atoms with Crippen molar-refractivity contribution in [2.75, 3.05) is 17.7 Å². The minimum atomic E-state index is -0.300. The lowest BCUT2D eigenvalue weighted by Gasteiger charge is -2.06. The Bertz CT molecular complexity index is 574. The summed E-state index contributed by atoms with van der Waals surface area (Å²) < 4.78 is 0.725. The van der Waals surface area contributed by atoms with Crippen LogP contribution in [0.5, 0.6) is 0 Å². The number of anilines is 2. The molecular formula is C12H11BrN4O. The molecule has 2 aromatic heterocycles. The standard InChI is InChI=1S/C12H11BrN4O/c1-14-8-4-6-15-10(7-8)12(18)17-11-9(13)3-2-5-16-11/h2-7H,1H3,(H,14,15)(H,16,17,18). The number of amides is 1. The van der Waals surface area contributed by atoms with E-state index in [2.05, 4.69) is 36.5 Å². The smallest absolute Gasteiger partial charge is 0.275 e. The van der Waals surface area contributed by atoms with Crippen molar-refractivity contribution in [2.24, 2.45) is 0 Å². The van der Waals surface area contributed by atoms with Crippen molar-refractivity contribution in [3.8, 4) is 0 Å². The summed E-state index contributed by atoms with van der Waals surface area (Å²) in [6, 6.07) is 7.04. The zero-order valence-electron chi connectivity index (χ0n) is 9.64. The number of pyridine rings is 2. The normalized spacial score (nSPS) is 9.89. The second-order valence-corrected chi connectivity index (χ2v) is 4.32. The number of nitrogens with zero attached hydrogens (tertiary/aromatic N) is 2. The number of rotatable bonds is 3. The van der Waals surface area contributed by atoms with Crippen LogP contribution in [-0.2, 0) is 0 Å². The van der Waals surface area contributed by atoms with E-state index in [1.54, 1.807) is 43.7 Å². The minimum Gasteiger partial charge on any atom is -0.388 e. The minimum absolute atomic E-state index is 0.300. The topological polar surface area (TPSA) is 66.9 Å². The second kappa shape index (κ2) is 5.59. The van der Waals surface area contributed by atoms with Crippen molar-refractivity contribution in [1.29, 1.82) is 0 Å². The van der Waals surface area contributed by atoms with Crippen LogP contribution < -0.4 is 10.6 Å². The van der Waals surface area contributed by atoms with Crippen LogP contribution >= 0.6 is 15.9 Å². The highest BCUT2D eigenvalue weighted by atomic mass is 79.9. The number of carbonyl (C=O) groups excluding carboxylic acids is 1. The third-order valence-electron chi connectivity index (χ3n) is 2.27. The molecular weight excluding hydrogens is 296 g/mol. The fourth-order valence-electron chi connectivity index (χ4n) is 1.36. The second-order valence-electron chi connectivity index (χ2n) is 3.47. The third-order valence-corrected chi connectivity index (χ3v) is 2.91. The van der Waals surface area contributed by atoms with E-state index in [0.717, 1.165) is 10.2 Å². The van der Waals surface area contributed by atoms with Gasteiger partial charge in [0.15, 0.2) is 0 Å². The average Bonchev–Trinajstić information content (AvgIpc) is 2.41.